The molecule has 1 unspecified atom stereocenters. The number of amides is 1. The maximum absolute atomic E-state index is 13.2. The van der Waals surface area contributed by atoms with Crippen molar-refractivity contribution in [2.75, 3.05) is 27.3 Å². The number of carbonyl (C=O) groups excluding carboxylic acids is 1. The van der Waals surface area contributed by atoms with E-state index in [0.29, 0.717) is 13.2 Å². The fourth-order valence-electron chi connectivity index (χ4n) is 3.81. The Morgan fingerprint density at radius 2 is 2.04 bits per heavy atom. The predicted molar refractivity (Wildman–Crippen MR) is 94.9 cm³/mol. The number of ether oxygens (including phenoxy) is 2. The molecule has 26 heavy (non-hydrogen) atoms. The molecule has 1 aliphatic carbocycles. The van der Waals surface area contributed by atoms with Crippen LogP contribution in [0, 0.1) is 0 Å². The van der Waals surface area contributed by atoms with Gasteiger partial charge in [0.15, 0.2) is 0 Å². The first-order chi connectivity index (χ1) is 12.7. The van der Waals surface area contributed by atoms with E-state index in [2.05, 4.69) is 10.3 Å². The highest BCUT2D eigenvalue weighted by molar-refractivity contribution is 5.91. The SMILES string of the molecule is COCc1cn(C2CCN(C(=O)C3(c4ccc(OC)cc4)CC3)C2)nn1. The quantitative estimate of drug-likeness (QED) is 0.791. The van der Waals surface area contributed by atoms with Gasteiger partial charge < -0.3 is 14.4 Å². The second-order valence-electron chi connectivity index (χ2n) is 7.13. The summed E-state index contributed by atoms with van der Waals surface area (Å²) in [6, 6.07) is 8.09. The largest absolute Gasteiger partial charge is 0.497 e. The number of nitrogens with zero attached hydrogens (tertiary/aromatic N) is 4. The Kier molecular flexibility index (Phi) is 4.40. The third-order valence-electron chi connectivity index (χ3n) is 5.48. The molecule has 2 fully saturated rings. The fraction of sp³-hybridized carbons (Fsp3) is 0.526. The summed E-state index contributed by atoms with van der Waals surface area (Å²) in [5.41, 5.74) is 1.56. The van der Waals surface area contributed by atoms with Crippen LogP contribution in [0.4, 0.5) is 0 Å². The van der Waals surface area contributed by atoms with E-state index in [1.807, 2.05) is 40.0 Å². The topological polar surface area (TPSA) is 69.5 Å². The van der Waals surface area contributed by atoms with Crippen LogP contribution < -0.4 is 4.74 Å². The number of carbonyl (C=O) groups is 1. The molecule has 1 aromatic heterocycles. The van der Waals surface area contributed by atoms with Crippen molar-refractivity contribution >= 4 is 5.91 Å². The summed E-state index contributed by atoms with van der Waals surface area (Å²) in [4.78, 5) is 15.2. The van der Waals surface area contributed by atoms with Gasteiger partial charge in [-0.25, -0.2) is 4.68 Å². The minimum Gasteiger partial charge on any atom is -0.497 e. The Morgan fingerprint density at radius 1 is 1.27 bits per heavy atom. The van der Waals surface area contributed by atoms with Crippen LogP contribution in [-0.2, 0) is 21.6 Å². The van der Waals surface area contributed by atoms with Crippen LogP contribution in [0.1, 0.15) is 36.6 Å². The van der Waals surface area contributed by atoms with E-state index in [1.165, 1.54) is 0 Å². The summed E-state index contributed by atoms with van der Waals surface area (Å²) in [7, 11) is 3.29. The number of hydrogen-bond donors (Lipinski definition) is 0. The Balaban J connectivity index is 1.45. The normalized spacial score (nSPS) is 21.0. The molecular formula is C19H24N4O3. The van der Waals surface area contributed by atoms with Gasteiger partial charge >= 0.3 is 0 Å². The molecule has 0 radical (unpaired) electrons. The number of likely N-dealkylation sites (tertiary alicyclic amines) is 1. The highest BCUT2D eigenvalue weighted by Crippen LogP contribution is 2.50. The molecule has 1 aromatic carbocycles. The number of methoxy groups -OCH3 is 2. The molecule has 0 N–H and O–H groups in total. The number of aromatic nitrogens is 3. The van der Waals surface area contributed by atoms with Gasteiger partial charge in [-0.05, 0) is 37.0 Å². The zero-order chi connectivity index (χ0) is 18.1. The molecule has 7 heteroatoms. The van der Waals surface area contributed by atoms with Crippen molar-refractivity contribution in [3.8, 4) is 5.75 Å². The molecular weight excluding hydrogens is 332 g/mol. The molecule has 4 rings (SSSR count). The van der Waals surface area contributed by atoms with Crippen molar-refractivity contribution < 1.29 is 14.3 Å². The number of rotatable bonds is 6. The highest BCUT2D eigenvalue weighted by atomic mass is 16.5. The van der Waals surface area contributed by atoms with E-state index in [9.17, 15) is 4.79 Å². The second-order valence-corrected chi connectivity index (χ2v) is 7.13. The van der Waals surface area contributed by atoms with E-state index in [0.717, 1.165) is 42.8 Å². The minimum absolute atomic E-state index is 0.184. The maximum Gasteiger partial charge on any atom is 0.233 e. The Bertz CT molecular complexity index is 782. The summed E-state index contributed by atoms with van der Waals surface area (Å²) in [5.74, 6) is 1.05. The molecule has 1 atom stereocenters. The molecule has 1 saturated heterocycles. The lowest BCUT2D eigenvalue weighted by atomic mass is 9.94. The van der Waals surface area contributed by atoms with Crippen molar-refractivity contribution in [2.24, 2.45) is 0 Å². The van der Waals surface area contributed by atoms with E-state index in [4.69, 9.17) is 9.47 Å². The van der Waals surface area contributed by atoms with Crippen molar-refractivity contribution in [3.05, 3.63) is 41.7 Å². The lowest BCUT2D eigenvalue weighted by molar-refractivity contribution is -0.133. The molecule has 1 saturated carbocycles. The predicted octanol–water partition coefficient (Wildman–Crippen LogP) is 1.94. The molecule has 2 heterocycles. The summed E-state index contributed by atoms with van der Waals surface area (Å²) in [6.07, 6.45) is 4.65. The van der Waals surface area contributed by atoms with Gasteiger partial charge in [-0.1, -0.05) is 17.3 Å². The van der Waals surface area contributed by atoms with Gasteiger partial charge in [0.05, 0.1) is 31.4 Å². The molecule has 138 valence electrons. The number of hydrogen-bond acceptors (Lipinski definition) is 5. The van der Waals surface area contributed by atoms with Gasteiger partial charge in [-0.2, -0.15) is 0 Å². The Morgan fingerprint density at radius 3 is 2.69 bits per heavy atom. The van der Waals surface area contributed by atoms with E-state index >= 15 is 0 Å². The first-order valence-electron chi connectivity index (χ1n) is 9.00. The van der Waals surface area contributed by atoms with Crippen LogP contribution in [0.15, 0.2) is 30.5 Å². The Labute approximate surface area is 152 Å². The molecule has 0 spiro atoms. The zero-order valence-corrected chi connectivity index (χ0v) is 15.2. The van der Waals surface area contributed by atoms with Gasteiger partial charge in [0, 0.05) is 20.2 Å². The van der Waals surface area contributed by atoms with Gasteiger partial charge in [0.25, 0.3) is 0 Å². The molecule has 0 bridgehead atoms. The van der Waals surface area contributed by atoms with Crippen LogP contribution in [0.3, 0.4) is 0 Å². The first-order valence-corrected chi connectivity index (χ1v) is 9.00. The van der Waals surface area contributed by atoms with Crippen LogP contribution in [0.5, 0.6) is 5.75 Å². The molecule has 2 aliphatic rings. The molecule has 1 amide bonds. The van der Waals surface area contributed by atoms with E-state index < -0.39 is 0 Å². The zero-order valence-electron chi connectivity index (χ0n) is 15.2. The summed E-state index contributed by atoms with van der Waals surface area (Å²) in [6.45, 7) is 1.91. The van der Waals surface area contributed by atoms with Crippen LogP contribution in [-0.4, -0.2) is 53.1 Å². The van der Waals surface area contributed by atoms with Gasteiger partial charge in [0.1, 0.15) is 11.4 Å². The van der Waals surface area contributed by atoms with Crippen molar-refractivity contribution in [2.45, 2.75) is 37.3 Å². The first kappa shape index (κ1) is 17.0. The average Bonchev–Trinajstić information content (AvgIpc) is 3.10. The third-order valence-corrected chi connectivity index (χ3v) is 5.48. The molecule has 2 aromatic rings. The maximum atomic E-state index is 13.2. The van der Waals surface area contributed by atoms with Crippen LogP contribution in [0.25, 0.3) is 0 Å². The van der Waals surface area contributed by atoms with Gasteiger partial charge in [0.2, 0.25) is 5.91 Å². The van der Waals surface area contributed by atoms with Crippen LogP contribution >= 0.6 is 0 Å². The van der Waals surface area contributed by atoms with E-state index in [-0.39, 0.29) is 17.4 Å². The standard InChI is InChI=1S/C19H24N4O3/c1-25-13-15-11-23(21-20-15)16-7-10-22(12-16)18(24)19(8-9-19)14-3-5-17(26-2)6-4-14/h3-6,11,16H,7-10,12-13H2,1-2H3. The highest BCUT2D eigenvalue weighted by Gasteiger charge is 2.53. The lowest BCUT2D eigenvalue weighted by Crippen LogP contribution is -2.38. The monoisotopic (exact) mass is 356 g/mol. The summed E-state index contributed by atoms with van der Waals surface area (Å²) < 4.78 is 12.2. The van der Waals surface area contributed by atoms with Gasteiger partial charge in [-0.15, -0.1) is 5.10 Å². The van der Waals surface area contributed by atoms with Crippen molar-refractivity contribution in [3.63, 3.8) is 0 Å². The third kappa shape index (κ3) is 2.96. The van der Waals surface area contributed by atoms with Gasteiger partial charge in [-0.3, -0.25) is 4.79 Å². The average molecular weight is 356 g/mol. The summed E-state index contributed by atoms with van der Waals surface area (Å²) >= 11 is 0. The molecule has 1 aliphatic heterocycles. The number of benzene rings is 1. The van der Waals surface area contributed by atoms with Crippen molar-refractivity contribution in [1.29, 1.82) is 0 Å². The second kappa shape index (κ2) is 6.72. The Hall–Kier alpha value is -2.41. The minimum atomic E-state index is -0.343. The smallest absolute Gasteiger partial charge is 0.233 e. The van der Waals surface area contributed by atoms with Crippen molar-refractivity contribution in [1.82, 2.24) is 19.9 Å². The fourth-order valence-corrected chi connectivity index (χ4v) is 3.81. The van der Waals surface area contributed by atoms with E-state index in [1.54, 1.807) is 14.2 Å². The lowest BCUT2D eigenvalue weighted by Gasteiger charge is -2.23. The summed E-state index contributed by atoms with van der Waals surface area (Å²) in [5, 5.41) is 8.32. The van der Waals surface area contributed by atoms with Crippen LogP contribution in [0.2, 0.25) is 0 Å². The molecule has 7 nitrogen and oxygen atoms in total.